The molecule has 0 spiro atoms. The summed E-state index contributed by atoms with van der Waals surface area (Å²) < 4.78 is 1.88. The van der Waals surface area contributed by atoms with E-state index < -0.39 is 0 Å². The number of hydrogen-bond acceptors (Lipinski definition) is 3. The standard InChI is InChI=1S/C19H12Cl2N4O/c20-14-5-3-4-13(18(14)21)19(26)24-12-8-9-17(22-10-12)25-11-23-15-6-1-2-7-16(15)25/h1-11H,(H,24,26). The summed E-state index contributed by atoms with van der Waals surface area (Å²) in [5.41, 5.74) is 2.72. The maximum Gasteiger partial charge on any atom is 0.257 e. The number of fused-ring (bicyclic) bond motifs is 1. The third kappa shape index (κ3) is 3.03. The molecule has 4 rings (SSSR count). The molecule has 1 N–H and O–H groups in total. The van der Waals surface area contributed by atoms with Crippen molar-refractivity contribution in [1.82, 2.24) is 14.5 Å². The summed E-state index contributed by atoms with van der Waals surface area (Å²) in [6, 6.07) is 16.3. The van der Waals surface area contributed by atoms with Crippen LogP contribution in [0.4, 0.5) is 5.69 Å². The molecule has 2 aromatic heterocycles. The first-order chi connectivity index (χ1) is 12.6. The van der Waals surface area contributed by atoms with E-state index >= 15 is 0 Å². The van der Waals surface area contributed by atoms with E-state index in [-0.39, 0.29) is 10.9 Å². The van der Waals surface area contributed by atoms with Crippen LogP contribution in [0.15, 0.2) is 67.1 Å². The van der Waals surface area contributed by atoms with Gasteiger partial charge in [-0.05, 0) is 36.4 Å². The Balaban J connectivity index is 1.58. The molecule has 0 radical (unpaired) electrons. The van der Waals surface area contributed by atoms with Gasteiger partial charge in [-0.25, -0.2) is 9.97 Å². The van der Waals surface area contributed by atoms with Crippen LogP contribution in [0.25, 0.3) is 16.9 Å². The van der Waals surface area contributed by atoms with Crippen LogP contribution in [0.1, 0.15) is 10.4 Å². The summed E-state index contributed by atoms with van der Waals surface area (Å²) in [5, 5.41) is 3.32. The third-order valence-electron chi connectivity index (χ3n) is 3.90. The average Bonchev–Trinajstić information content (AvgIpc) is 3.09. The zero-order valence-corrected chi connectivity index (χ0v) is 14.9. The van der Waals surface area contributed by atoms with Crippen LogP contribution in [0.3, 0.4) is 0 Å². The van der Waals surface area contributed by atoms with E-state index in [4.69, 9.17) is 23.2 Å². The maximum atomic E-state index is 12.4. The fourth-order valence-corrected chi connectivity index (χ4v) is 3.01. The number of carbonyl (C=O) groups excluding carboxylic acids is 1. The molecule has 0 aliphatic rings. The van der Waals surface area contributed by atoms with Crippen LogP contribution in [0.5, 0.6) is 0 Å². The number of halogens is 2. The third-order valence-corrected chi connectivity index (χ3v) is 4.72. The molecule has 7 heteroatoms. The van der Waals surface area contributed by atoms with Gasteiger partial charge in [0.15, 0.2) is 0 Å². The molecule has 5 nitrogen and oxygen atoms in total. The molecular formula is C19H12Cl2N4O. The predicted octanol–water partition coefficient (Wildman–Crippen LogP) is 4.98. The van der Waals surface area contributed by atoms with Crippen molar-refractivity contribution in [3.8, 4) is 5.82 Å². The summed E-state index contributed by atoms with van der Waals surface area (Å²) >= 11 is 12.0. The van der Waals surface area contributed by atoms with Crippen molar-refractivity contribution in [3.05, 3.63) is 82.7 Å². The highest BCUT2D eigenvalue weighted by Crippen LogP contribution is 2.26. The summed E-state index contributed by atoms with van der Waals surface area (Å²) in [5.74, 6) is 0.359. The Labute approximate surface area is 159 Å². The van der Waals surface area contributed by atoms with Gasteiger partial charge in [0.2, 0.25) is 0 Å². The summed E-state index contributed by atoms with van der Waals surface area (Å²) in [6.07, 6.45) is 3.30. The number of imidazole rings is 1. The zero-order valence-electron chi connectivity index (χ0n) is 13.4. The number of benzene rings is 2. The van der Waals surface area contributed by atoms with E-state index in [1.54, 1.807) is 36.8 Å². The highest BCUT2D eigenvalue weighted by molar-refractivity contribution is 6.44. The van der Waals surface area contributed by atoms with E-state index in [9.17, 15) is 4.79 Å². The lowest BCUT2D eigenvalue weighted by Gasteiger charge is -2.08. The minimum absolute atomic E-state index is 0.223. The summed E-state index contributed by atoms with van der Waals surface area (Å²) in [6.45, 7) is 0. The minimum Gasteiger partial charge on any atom is -0.321 e. The van der Waals surface area contributed by atoms with Gasteiger partial charge in [0.25, 0.3) is 5.91 Å². The number of anilines is 1. The number of carbonyl (C=O) groups is 1. The van der Waals surface area contributed by atoms with Gasteiger partial charge in [0.05, 0.1) is 38.5 Å². The highest BCUT2D eigenvalue weighted by atomic mass is 35.5. The largest absolute Gasteiger partial charge is 0.321 e. The minimum atomic E-state index is -0.347. The number of rotatable bonds is 3. The predicted molar refractivity (Wildman–Crippen MR) is 103 cm³/mol. The molecule has 2 heterocycles. The van der Waals surface area contributed by atoms with Gasteiger partial charge in [0.1, 0.15) is 12.1 Å². The van der Waals surface area contributed by atoms with Crippen LogP contribution < -0.4 is 5.32 Å². The Hall–Kier alpha value is -2.89. The lowest BCUT2D eigenvalue weighted by molar-refractivity contribution is 0.102. The van der Waals surface area contributed by atoms with Gasteiger partial charge < -0.3 is 5.32 Å². The first-order valence-electron chi connectivity index (χ1n) is 7.77. The first kappa shape index (κ1) is 16.6. The first-order valence-corrected chi connectivity index (χ1v) is 8.53. The molecule has 26 heavy (non-hydrogen) atoms. The van der Waals surface area contributed by atoms with E-state index in [0.717, 1.165) is 11.0 Å². The van der Waals surface area contributed by atoms with Crippen molar-refractivity contribution in [2.24, 2.45) is 0 Å². The Kier molecular flexibility index (Phi) is 4.32. The lowest BCUT2D eigenvalue weighted by Crippen LogP contribution is -2.13. The Morgan fingerprint density at radius 3 is 2.62 bits per heavy atom. The second kappa shape index (κ2) is 6.78. The van der Waals surface area contributed by atoms with Crippen molar-refractivity contribution >= 4 is 45.8 Å². The summed E-state index contributed by atoms with van der Waals surface area (Å²) in [7, 11) is 0. The number of aromatic nitrogens is 3. The second-order valence-corrected chi connectivity index (χ2v) is 6.35. The second-order valence-electron chi connectivity index (χ2n) is 5.56. The van der Waals surface area contributed by atoms with Gasteiger partial charge in [0, 0.05) is 0 Å². The maximum absolute atomic E-state index is 12.4. The Morgan fingerprint density at radius 1 is 0.962 bits per heavy atom. The van der Waals surface area contributed by atoms with Crippen molar-refractivity contribution in [3.63, 3.8) is 0 Å². The van der Waals surface area contributed by atoms with Crippen LogP contribution in [0, 0.1) is 0 Å². The van der Waals surface area contributed by atoms with E-state index in [1.165, 1.54) is 0 Å². The van der Waals surface area contributed by atoms with Crippen LogP contribution in [0.2, 0.25) is 10.0 Å². The van der Waals surface area contributed by atoms with Crippen LogP contribution >= 0.6 is 23.2 Å². The number of amides is 1. The van der Waals surface area contributed by atoms with Gasteiger partial charge >= 0.3 is 0 Å². The molecule has 0 atom stereocenters. The molecule has 0 saturated carbocycles. The number of para-hydroxylation sites is 2. The molecule has 0 fully saturated rings. The van der Waals surface area contributed by atoms with Crippen LogP contribution in [-0.2, 0) is 0 Å². The SMILES string of the molecule is O=C(Nc1ccc(-n2cnc3ccccc32)nc1)c1cccc(Cl)c1Cl. The molecule has 2 aromatic carbocycles. The smallest absolute Gasteiger partial charge is 0.257 e. The van der Waals surface area contributed by atoms with Crippen molar-refractivity contribution in [2.75, 3.05) is 5.32 Å². The van der Waals surface area contributed by atoms with Gasteiger partial charge in [-0.15, -0.1) is 0 Å². The fraction of sp³-hybridized carbons (Fsp3) is 0. The molecule has 0 saturated heterocycles. The number of hydrogen-bond donors (Lipinski definition) is 1. The van der Waals surface area contributed by atoms with E-state index in [1.807, 2.05) is 34.9 Å². The quantitative estimate of drug-likeness (QED) is 0.543. The molecular weight excluding hydrogens is 371 g/mol. The topological polar surface area (TPSA) is 59.8 Å². The molecule has 128 valence electrons. The fourth-order valence-electron chi connectivity index (χ4n) is 2.62. The molecule has 0 aliphatic heterocycles. The number of nitrogens with one attached hydrogen (secondary N) is 1. The van der Waals surface area contributed by atoms with Crippen molar-refractivity contribution < 1.29 is 4.79 Å². The van der Waals surface area contributed by atoms with Crippen molar-refractivity contribution in [1.29, 1.82) is 0 Å². The average molecular weight is 383 g/mol. The number of nitrogens with zero attached hydrogens (tertiary/aromatic N) is 3. The number of pyridine rings is 1. The molecule has 0 bridgehead atoms. The van der Waals surface area contributed by atoms with E-state index in [2.05, 4.69) is 15.3 Å². The zero-order chi connectivity index (χ0) is 18.1. The Bertz CT molecular complexity index is 1110. The molecule has 0 aliphatic carbocycles. The van der Waals surface area contributed by atoms with Crippen LogP contribution in [-0.4, -0.2) is 20.4 Å². The summed E-state index contributed by atoms with van der Waals surface area (Å²) in [4.78, 5) is 21.1. The van der Waals surface area contributed by atoms with E-state index in [0.29, 0.717) is 22.1 Å². The van der Waals surface area contributed by atoms with Crippen molar-refractivity contribution in [2.45, 2.75) is 0 Å². The lowest BCUT2D eigenvalue weighted by atomic mass is 10.2. The van der Waals surface area contributed by atoms with Gasteiger partial charge in [-0.1, -0.05) is 41.4 Å². The van der Waals surface area contributed by atoms with Gasteiger partial charge in [-0.3, -0.25) is 9.36 Å². The normalized spacial score (nSPS) is 10.8. The molecule has 0 unspecified atom stereocenters. The molecule has 4 aromatic rings. The Morgan fingerprint density at radius 2 is 1.81 bits per heavy atom. The molecule has 1 amide bonds. The van der Waals surface area contributed by atoms with Gasteiger partial charge in [-0.2, -0.15) is 0 Å². The monoisotopic (exact) mass is 382 g/mol. The highest BCUT2D eigenvalue weighted by Gasteiger charge is 2.13.